The van der Waals surface area contributed by atoms with Crippen LogP contribution in [0.3, 0.4) is 0 Å². The van der Waals surface area contributed by atoms with E-state index in [9.17, 15) is 8.42 Å². The molecule has 0 aromatic carbocycles. The highest BCUT2D eigenvalue weighted by atomic mass is 32.2. The van der Waals surface area contributed by atoms with E-state index in [4.69, 9.17) is 0 Å². The Kier molecular flexibility index (Phi) is 4.62. The highest BCUT2D eigenvalue weighted by Gasteiger charge is 2.23. The van der Waals surface area contributed by atoms with Crippen LogP contribution in [0.25, 0.3) is 0 Å². The normalized spacial score (nSPS) is 19.7. The van der Waals surface area contributed by atoms with Crippen molar-refractivity contribution < 1.29 is 8.42 Å². The second kappa shape index (κ2) is 6.05. The van der Waals surface area contributed by atoms with Crippen molar-refractivity contribution in [3.8, 4) is 0 Å². The minimum Gasteiger partial charge on any atom is -0.308 e. The van der Waals surface area contributed by atoms with Gasteiger partial charge in [0.25, 0.3) is 0 Å². The summed E-state index contributed by atoms with van der Waals surface area (Å²) in [6.45, 7) is 5.83. The molecule has 1 fully saturated rings. The van der Waals surface area contributed by atoms with E-state index >= 15 is 0 Å². The topological polar surface area (TPSA) is 64.0 Å². The van der Waals surface area contributed by atoms with Crippen LogP contribution in [0.4, 0.5) is 0 Å². The fourth-order valence-corrected chi connectivity index (χ4v) is 3.94. The highest BCUT2D eigenvalue weighted by Crippen LogP contribution is 2.13. The van der Waals surface area contributed by atoms with Gasteiger partial charge in [0.1, 0.15) is 9.84 Å². The van der Waals surface area contributed by atoms with Gasteiger partial charge in [-0.25, -0.2) is 8.42 Å². The third-order valence-corrected chi connectivity index (χ3v) is 5.42. The molecule has 1 N–H and O–H groups in total. The molecule has 2 rings (SSSR count). The van der Waals surface area contributed by atoms with E-state index in [2.05, 4.69) is 30.3 Å². The Morgan fingerprint density at radius 3 is 2.63 bits per heavy atom. The fourth-order valence-electron chi connectivity index (χ4n) is 2.45. The van der Waals surface area contributed by atoms with Gasteiger partial charge >= 0.3 is 0 Å². The summed E-state index contributed by atoms with van der Waals surface area (Å²) in [6.07, 6.45) is 2.40. The lowest BCUT2D eigenvalue weighted by Crippen LogP contribution is -2.37. The van der Waals surface area contributed by atoms with E-state index in [1.165, 1.54) is 5.69 Å². The molecule has 5 nitrogen and oxygen atoms in total. The lowest BCUT2D eigenvalue weighted by atomic mass is 10.1. The lowest BCUT2D eigenvalue weighted by molar-refractivity contribution is 0.451. The Balaban J connectivity index is 1.90. The van der Waals surface area contributed by atoms with Gasteiger partial charge in [-0.3, -0.25) is 4.68 Å². The molecule has 6 heteroatoms. The maximum Gasteiger partial charge on any atom is 0.150 e. The summed E-state index contributed by atoms with van der Waals surface area (Å²) in [5.74, 6) is 0.635. The molecule has 0 spiro atoms. The first-order valence-corrected chi connectivity index (χ1v) is 8.85. The average molecular weight is 285 g/mol. The summed E-state index contributed by atoms with van der Waals surface area (Å²) in [5.41, 5.74) is 2.30. The maximum atomic E-state index is 11.4. The zero-order chi connectivity index (χ0) is 13.9. The summed E-state index contributed by atoms with van der Waals surface area (Å²) in [6, 6.07) is 2.45. The smallest absolute Gasteiger partial charge is 0.150 e. The summed E-state index contributed by atoms with van der Waals surface area (Å²) in [5, 5.41) is 7.98. The number of nitrogens with one attached hydrogen (secondary N) is 1. The molecule has 0 radical (unpaired) electrons. The summed E-state index contributed by atoms with van der Waals surface area (Å²) >= 11 is 0. The summed E-state index contributed by atoms with van der Waals surface area (Å²) in [7, 11) is -2.77. The summed E-state index contributed by atoms with van der Waals surface area (Å²) in [4.78, 5) is 0. The van der Waals surface area contributed by atoms with Gasteiger partial charge in [0.2, 0.25) is 0 Å². The van der Waals surface area contributed by atoms with Crippen LogP contribution in [0, 0.1) is 0 Å². The maximum absolute atomic E-state index is 11.4. The van der Waals surface area contributed by atoms with Gasteiger partial charge in [-0.2, -0.15) is 5.10 Å². The zero-order valence-electron chi connectivity index (χ0n) is 11.7. The van der Waals surface area contributed by atoms with Crippen molar-refractivity contribution in [2.24, 2.45) is 0 Å². The molecule has 1 aliphatic heterocycles. The monoisotopic (exact) mass is 285 g/mol. The van der Waals surface area contributed by atoms with Crippen molar-refractivity contribution in [3.63, 3.8) is 0 Å². The second-order valence-corrected chi connectivity index (χ2v) is 7.41. The molecule has 1 aliphatic rings. The molecule has 2 heterocycles. The molecule has 0 saturated carbocycles. The average Bonchev–Trinajstić information content (AvgIpc) is 2.80. The van der Waals surface area contributed by atoms with Crippen molar-refractivity contribution in [2.75, 3.05) is 11.5 Å². The van der Waals surface area contributed by atoms with Gasteiger partial charge in [0, 0.05) is 19.1 Å². The molecular weight excluding hydrogens is 262 g/mol. The third kappa shape index (κ3) is 3.79. The predicted octanol–water partition coefficient (Wildman–Crippen LogP) is 1.13. The number of sulfone groups is 1. The third-order valence-electron chi connectivity index (χ3n) is 3.70. The molecular formula is C13H23N3O2S. The number of aromatic nitrogens is 2. The van der Waals surface area contributed by atoms with Crippen LogP contribution in [0.1, 0.15) is 38.1 Å². The van der Waals surface area contributed by atoms with Gasteiger partial charge in [0.05, 0.1) is 22.9 Å². The number of aryl methyl sites for hydroxylation is 2. The van der Waals surface area contributed by atoms with Crippen LogP contribution >= 0.6 is 0 Å². The number of rotatable bonds is 5. The first-order valence-electron chi connectivity index (χ1n) is 7.03. The van der Waals surface area contributed by atoms with Crippen molar-refractivity contribution in [2.45, 2.75) is 52.2 Å². The molecule has 0 bridgehead atoms. The van der Waals surface area contributed by atoms with Crippen LogP contribution < -0.4 is 5.32 Å². The first-order chi connectivity index (χ1) is 9.04. The SMILES string of the molecule is CCc1cc(CNC2CCS(=O)(=O)CC2)n(CC)n1. The van der Waals surface area contributed by atoms with Gasteiger partial charge in [-0.05, 0) is 32.3 Å². The Labute approximate surface area is 115 Å². The molecule has 19 heavy (non-hydrogen) atoms. The molecule has 1 aromatic heterocycles. The van der Waals surface area contributed by atoms with Crippen molar-refractivity contribution in [3.05, 3.63) is 17.5 Å². The number of hydrogen-bond acceptors (Lipinski definition) is 4. The molecule has 108 valence electrons. The minimum atomic E-state index is -2.77. The fraction of sp³-hybridized carbons (Fsp3) is 0.769. The molecule has 0 amide bonds. The highest BCUT2D eigenvalue weighted by molar-refractivity contribution is 7.91. The Morgan fingerprint density at radius 1 is 1.37 bits per heavy atom. The minimum absolute atomic E-state index is 0.314. The molecule has 0 atom stereocenters. The van der Waals surface area contributed by atoms with Crippen molar-refractivity contribution in [1.82, 2.24) is 15.1 Å². The quantitative estimate of drug-likeness (QED) is 0.881. The van der Waals surface area contributed by atoms with Gasteiger partial charge in [-0.15, -0.1) is 0 Å². The lowest BCUT2D eigenvalue weighted by Gasteiger charge is -2.23. The van der Waals surface area contributed by atoms with Gasteiger partial charge in [-0.1, -0.05) is 6.92 Å². The van der Waals surface area contributed by atoms with Crippen LogP contribution in [0.5, 0.6) is 0 Å². The predicted molar refractivity (Wildman–Crippen MR) is 75.8 cm³/mol. The van der Waals surface area contributed by atoms with E-state index in [0.29, 0.717) is 17.5 Å². The molecule has 1 saturated heterocycles. The number of hydrogen-bond donors (Lipinski definition) is 1. The standard InChI is InChI=1S/C13H23N3O2S/c1-3-11-9-13(16(4-2)15-11)10-14-12-5-7-19(17,18)8-6-12/h9,12,14H,3-8,10H2,1-2H3. The zero-order valence-corrected chi connectivity index (χ0v) is 12.5. The largest absolute Gasteiger partial charge is 0.308 e. The molecule has 0 unspecified atom stereocenters. The van der Waals surface area contributed by atoms with Crippen LogP contribution in [-0.4, -0.2) is 35.7 Å². The van der Waals surface area contributed by atoms with Crippen LogP contribution in [0.15, 0.2) is 6.07 Å². The van der Waals surface area contributed by atoms with E-state index in [1.54, 1.807) is 0 Å². The van der Waals surface area contributed by atoms with Crippen molar-refractivity contribution in [1.29, 1.82) is 0 Å². The van der Waals surface area contributed by atoms with E-state index in [0.717, 1.165) is 38.0 Å². The Hall–Kier alpha value is -0.880. The first kappa shape index (κ1) is 14.5. The number of nitrogens with zero attached hydrogens (tertiary/aromatic N) is 2. The van der Waals surface area contributed by atoms with E-state index in [1.807, 2.05) is 4.68 Å². The van der Waals surface area contributed by atoms with Crippen LogP contribution in [-0.2, 0) is 29.3 Å². The molecule has 1 aromatic rings. The Bertz CT molecular complexity index is 508. The second-order valence-electron chi connectivity index (χ2n) is 5.10. The molecule has 0 aliphatic carbocycles. The van der Waals surface area contributed by atoms with E-state index in [-0.39, 0.29) is 0 Å². The van der Waals surface area contributed by atoms with Crippen LogP contribution in [0.2, 0.25) is 0 Å². The summed E-state index contributed by atoms with van der Waals surface area (Å²) < 4.78 is 24.8. The van der Waals surface area contributed by atoms with Gasteiger partial charge in [0.15, 0.2) is 0 Å². The Morgan fingerprint density at radius 2 is 2.05 bits per heavy atom. The van der Waals surface area contributed by atoms with Crippen molar-refractivity contribution >= 4 is 9.84 Å². The van der Waals surface area contributed by atoms with E-state index < -0.39 is 9.84 Å². The van der Waals surface area contributed by atoms with Gasteiger partial charge < -0.3 is 5.32 Å².